The maximum Gasteiger partial charge on any atom is 0.243 e. The number of aromatic nitrogens is 1. The number of nitrogens with two attached hydrogens (primary N) is 5. The molecule has 0 radical (unpaired) electrons. The fourth-order valence-electron chi connectivity index (χ4n) is 6.05. The minimum atomic E-state index is -1.07. The van der Waals surface area contributed by atoms with E-state index in [-0.39, 0.29) is 56.6 Å². The maximum absolute atomic E-state index is 13.9. The second-order valence-corrected chi connectivity index (χ2v) is 13.4. The van der Waals surface area contributed by atoms with Crippen LogP contribution in [0.1, 0.15) is 115 Å². The van der Waals surface area contributed by atoms with E-state index in [1.165, 1.54) is 44.9 Å². The molecule has 0 spiro atoms. The van der Waals surface area contributed by atoms with Gasteiger partial charge < -0.3 is 49.6 Å². The number of fused-ring (bicyclic) bond motifs is 1. The first-order chi connectivity index (χ1) is 25.0. The Morgan fingerprint density at radius 2 is 1.17 bits per heavy atom. The Hall–Kier alpha value is -4.82. The first-order valence-corrected chi connectivity index (χ1v) is 18.9. The molecule has 1 heterocycles. The Bertz CT molecular complexity index is 1430. The molecule has 0 fully saturated rings. The molecule has 14 N–H and O–H groups in total. The van der Waals surface area contributed by atoms with Crippen molar-refractivity contribution in [1.82, 2.24) is 20.9 Å². The van der Waals surface area contributed by atoms with Gasteiger partial charge in [-0.05, 0) is 43.7 Å². The number of hydrogen-bond donors (Lipinski definition) is 9. The number of unbranched alkanes of at least 4 members (excludes halogenated alkanes) is 10. The molecule has 0 aliphatic heterocycles. The predicted octanol–water partition coefficient (Wildman–Crippen LogP) is 2.46. The largest absolute Gasteiger partial charge is 0.370 e. The van der Waals surface area contributed by atoms with Gasteiger partial charge in [0, 0.05) is 43.0 Å². The molecule has 52 heavy (non-hydrogen) atoms. The third kappa shape index (κ3) is 17.9. The molecular weight excluding hydrogens is 662 g/mol. The number of amides is 4. The summed E-state index contributed by atoms with van der Waals surface area (Å²) in [6.07, 6.45) is 16.2. The average Bonchev–Trinajstić information content (AvgIpc) is 3.51. The quantitative estimate of drug-likeness (QED) is 0.0356. The fourth-order valence-corrected chi connectivity index (χ4v) is 6.05. The summed E-state index contributed by atoms with van der Waals surface area (Å²) in [7, 11) is 0. The number of guanidine groups is 2. The van der Waals surface area contributed by atoms with E-state index in [0.717, 1.165) is 42.1 Å². The third-order valence-corrected chi connectivity index (χ3v) is 8.94. The summed E-state index contributed by atoms with van der Waals surface area (Å²) in [5, 5.41) is 9.32. The smallest absolute Gasteiger partial charge is 0.243 e. The van der Waals surface area contributed by atoms with Gasteiger partial charge in [-0.1, -0.05) is 89.3 Å². The number of benzene rings is 1. The van der Waals surface area contributed by atoms with Crippen LogP contribution in [0, 0.1) is 0 Å². The van der Waals surface area contributed by atoms with E-state index >= 15 is 0 Å². The zero-order valence-corrected chi connectivity index (χ0v) is 31.0. The summed E-state index contributed by atoms with van der Waals surface area (Å²) >= 11 is 0. The van der Waals surface area contributed by atoms with Crippen molar-refractivity contribution in [2.24, 2.45) is 38.7 Å². The fraction of sp³-hybridized carbons (Fsp3) is 0.622. The van der Waals surface area contributed by atoms with Crippen molar-refractivity contribution < 1.29 is 19.2 Å². The SMILES string of the molecule is CCCCCCCCCCCCCC(=O)N[C@@H](Cc1c[nH]c2ccccc12)C(=O)N[C@@H](CCCN=C(N)N)C(=O)N[C@@H](CCCN=C(N)N)C(N)=O. The Kier molecular flexibility index (Phi) is 21.0. The monoisotopic (exact) mass is 726 g/mol. The minimum absolute atomic E-state index is 0.0868. The van der Waals surface area contributed by atoms with E-state index in [1.54, 1.807) is 0 Å². The highest BCUT2D eigenvalue weighted by Gasteiger charge is 2.29. The molecule has 3 atom stereocenters. The molecule has 2 aromatic rings. The number of rotatable bonds is 28. The van der Waals surface area contributed by atoms with E-state index in [9.17, 15) is 19.2 Å². The number of nitrogens with one attached hydrogen (secondary N) is 4. The highest BCUT2D eigenvalue weighted by atomic mass is 16.2. The van der Waals surface area contributed by atoms with E-state index in [4.69, 9.17) is 28.7 Å². The molecule has 2 rings (SSSR count). The standard InChI is InChI=1S/C37H63N11O4/c1-2-3-4-5-6-7-8-9-10-11-12-21-32(49)46-31(24-26-25-45-28-18-14-13-17-27(26)28)35(52)48-30(20-16-23-44-37(41)42)34(51)47-29(33(38)50)19-15-22-43-36(39)40/h13-14,17-18,25,29-31,45H,2-12,15-16,19-24H2,1H3,(H2,38,50)(H,46,49)(H,47,51)(H,48,52)(H4,39,40,43)(H4,41,42,44)/t29-,30-,31-/m0/s1. The summed E-state index contributed by atoms with van der Waals surface area (Å²) in [5.74, 6) is -2.31. The molecule has 4 amide bonds. The number of carbonyl (C=O) groups excluding carboxylic acids is 4. The number of carbonyl (C=O) groups is 4. The number of aliphatic imine (C=N–C) groups is 2. The summed E-state index contributed by atoms with van der Waals surface area (Å²) in [5.41, 5.74) is 29.0. The van der Waals surface area contributed by atoms with Crippen molar-refractivity contribution in [3.63, 3.8) is 0 Å². The maximum atomic E-state index is 13.9. The Balaban J connectivity index is 2.11. The van der Waals surface area contributed by atoms with Crippen molar-refractivity contribution in [3.05, 3.63) is 36.0 Å². The molecule has 0 saturated carbocycles. The lowest BCUT2D eigenvalue weighted by Crippen LogP contribution is -2.56. The molecule has 1 aromatic carbocycles. The molecule has 1 aromatic heterocycles. The molecule has 0 unspecified atom stereocenters. The van der Waals surface area contributed by atoms with Crippen LogP contribution >= 0.6 is 0 Å². The Morgan fingerprint density at radius 3 is 1.75 bits per heavy atom. The van der Waals surface area contributed by atoms with E-state index < -0.39 is 35.8 Å². The van der Waals surface area contributed by atoms with Crippen LogP contribution in [0.4, 0.5) is 0 Å². The van der Waals surface area contributed by atoms with Gasteiger partial charge in [0.15, 0.2) is 11.9 Å². The van der Waals surface area contributed by atoms with Crippen molar-refractivity contribution in [1.29, 1.82) is 0 Å². The zero-order chi connectivity index (χ0) is 38.1. The molecule has 15 heteroatoms. The van der Waals surface area contributed by atoms with Crippen molar-refractivity contribution in [3.8, 4) is 0 Å². The first-order valence-electron chi connectivity index (χ1n) is 18.9. The number of H-pyrrole nitrogens is 1. The van der Waals surface area contributed by atoms with Crippen LogP contribution in [-0.4, -0.2) is 71.7 Å². The molecular formula is C37H63N11O4. The van der Waals surface area contributed by atoms with E-state index in [2.05, 4.69) is 37.8 Å². The summed E-state index contributed by atoms with van der Waals surface area (Å²) in [6.45, 7) is 2.69. The van der Waals surface area contributed by atoms with Gasteiger partial charge in [-0.3, -0.25) is 29.2 Å². The van der Waals surface area contributed by atoms with Crippen LogP contribution in [0.3, 0.4) is 0 Å². The topological polar surface area (TPSA) is 275 Å². The molecule has 15 nitrogen and oxygen atoms in total. The normalized spacial score (nSPS) is 12.7. The average molecular weight is 726 g/mol. The molecule has 290 valence electrons. The zero-order valence-electron chi connectivity index (χ0n) is 31.0. The summed E-state index contributed by atoms with van der Waals surface area (Å²) < 4.78 is 0. The minimum Gasteiger partial charge on any atom is -0.370 e. The summed E-state index contributed by atoms with van der Waals surface area (Å²) in [4.78, 5) is 64.0. The van der Waals surface area contributed by atoms with Crippen LogP contribution in [0.15, 0.2) is 40.4 Å². The van der Waals surface area contributed by atoms with Gasteiger partial charge in [-0.15, -0.1) is 0 Å². The Morgan fingerprint density at radius 1 is 0.654 bits per heavy atom. The number of aromatic amines is 1. The predicted molar refractivity (Wildman–Crippen MR) is 208 cm³/mol. The van der Waals surface area contributed by atoms with Crippen LogP contribution in [0.2, 0.25) is 0 Å². The van der Waals surface area contributed by atoms with Crippen molar-refractivity contribution in [2.45, 2.75) is 134 Å². The van der Waals surface area contributed by atoms with E-state index in [1.807, 2.05) is 30.5 Å². The lowest BCUT2D eigenvalue weighted by molar-refractivity contribution is -0.133. The first kappa shape index (κ1) is 43.3. The van der Waals surface area contributed by atoms with Crippen LogP contribution in [0.25, 0.3) is 10.9 Å². The van der Waals surface area contributed by atoms with Crippen LogP contribution in [-0.2, 0) is 25.6 Å². The van der Waals surface area contributed by atoms with Gasteiger partial charge in [-0.2, -0.15) is 0 Å². The lowest BCUT2D eigenvalue weighted by Gasteiger charge is -2.25. The van der Waals surface area contributed by atoms with Gasteiger partial charge in [0.05, 0.1) is 0 Å². The lowest BCUT2D eigenvalue weighted by atomic mass is 10.0. The van der Waals surface area contributed by atoms with Crippen LogP contribution in [0.5, 0.6) is 0 Å². The van der Waals surface area contributed by atoms with Gasteiger partial charge in [0.1, 0.15) is 18.1 Å². The van der Waals surface area contributed by atoms with Crippen molar-refractivity contribution in [2.75, 3.05) is 13.1 Å². The molecule has 0 aliphatic carbocycles. The number of nitrogens with zero attached hydrogens (tertiary/aromatic N) is 2. The molecule has 0 saturated heterocycles. The Labute approximate surface area is 308 Å². The van der Waals surface area contributed by atoms with Gasteiger partial charge >= 0.3 is 0 Å². The molecule has 0 bridgehead atoms. The molecule has 0 aliphatic rings. The highest BCUT2D eigenvalue weighted by Crippen LogP contribution is 2.20. The van der Waals surface area contributed by atoms with Gasteiger partial charge in [-0.25, -0.2) is 0 Å². The van der Waals surface area contributed by atoms with Gasteiger partial charge in [0.25, 0.3) is 0 Å². The second-order valence-electron chi connectivity index (χ2n) is 13.4. The third-order valence-electron chi connectivity index (χ3n) is 8.94. The van der Waals surface area contributed by atoms with E-state index in [0.29, 0.717) is 12.8 Å². The van der Waals surface area contributed by atoms with Gasteiger partial charge in [0.2, 0.25) is 23.6 Å². The second kappa shape index (κ2) is 25.2. The van der Waals surface area contributed by atoms with Crippen LogP contribution < -0.4 is 44.6 Å². The number of hydrogen-bond acceptors (Lipinski definition) is 6. The highest BCUT2D eigenvalue weighted by molar-refractivity contribution is 5.94. The van der Waals surface area contributed by atoms with Crippen molar-refractivity contribution >= 4 is 46.5 Å². The number of para-hydroxylation sites is 1. The number of primary amides is 1. The summed E-state index contributed by atoms with van der Waals surface area (Å²) in [6, 6.07) is 4.63.